The molecule has 5 heteroatoms. The monoisotopic (exact) mass is 364 g/mol. The smallest absolute Gasteiger partial charge is 0.251 e. The fraction of sp³-hybridized carbons (Fsp3) is 0.364. The van der Waals surface area contributed by atoms with Gasteiger partial charge in [-0.3, -0.25) is 9.59 Å². The lowest BCUT2D eigenvalue weighted by atomic mass is 9.84. The Morgan fingerprint density at radius 2 is 1.48 bits per heavy atom. The Kier molecular flexibility index (Phi) is 4.94. The SMILES string of the molecule is CC(=O)c1ccc(Oc2ccc(C(=O)N[C@H]3CN4CCC3CC4)cc2)cc1. The number of ether oxygens (including phenoxy) is 1. The zero-order chi connectivity index (χ0) is 18.8. The number of rotatable bonds is 5. The molecule has 2 aromatic carbocycles. The van der Waals surface area contributed by atoms with Crippen LogP contribution in [-0.4, -0.2) is 42.3 Å². The van der Waals surface area contributed by atoms with Crippen molar-refractivity contribution in [2.75, 3.05) is 19.6 Å². The van der Waals surface area contributed by atoms with Gasteiger partial charge in [0.05, 0.1) is 0 Å². The lowest BCUT2D eigenvalue weighted by Gasteiger charge is -2.44. The summed E-state index contributed by atoms with van der Waals surface area (Å²) >= 11 is 0. The fourth-order valence-corrected chi connectivity index (χ4v) is 3.95. The van der Waals surface area contributed by atoms with Gasteiger partial charge in [0.1, 0.15) is 11.5 Å². The van der Waals surface area contributed by atoms with E-state index in [1.807, 2.05) is 0 Å². The van der Waals surface area contributed by atoms with E-state index in [0.29, 0.717) is 28.5 Å². The predicted octanol–water partition coefficient (Wildman–Crippen LogP) is 3.51. The molecule has 140 valence electrons. The Morgan fingerprint density at radius 1 is 0.926 bits per heavy atom. The molecule has 0 radical (unpaired) electrons. The number of carbonyl (C=O) groups excluding carboxylic acids is 2. The second-order valence-corrected chi connectivity index (χ2v) is 7.42. The molecule has 0 aromatic heterocycles. The molecule has 0 saturated carbocycles. The second-order valence-electron chi connectivity index (χ2n) is 7.42. The Bertz CT molecular complexity index is 822. The largest absolute Gasteiger partial charge is 0.457 e. The molecule has 3 heterocycles. The summed E-state index contributed by atoms with van der Waals surface area (Å²) < 4.78 is 5.79. The fourth-order valence-electron chi connectivity index (χ4n) is 3.95. The molecule has 3 aliphatic rings. The molecule has 3 saturated heterocycles. The summed E-state index contributed by atoms with van der Waals surface area (Å²) in [5.41, 5.74) is 1.30. The standard InChI is InChI=1S/C22H24N2O3/c1-15(25)16-2-6-19(7-3-16)27-20-8-4-18(5-9-20)22(26)23-21-14-24-12-10-17(21)11-13-24/h2-9,17,21H,10-14H2,1H3,(H,23,26)/t21-/m0/s1. The van der Waals surface area contributed by atoms with Gasteiger partial charge in [-0.25, -0.2) is 0 Å². The van der Waals surface area contributed by atoms with Crippen LogP contribution in [0.15, 0.2) is 48.5 Å². The molecule has 0 unspecified atom stereocenters. The van der Waals surface area contributed by atoms with Gasteiger partial charge < -0.3 is 15.0 Å². The van der Waals surface area contributed by atoms with Gasteiger partial charge in [0, 0.05) is 23.7 Å². The summed E-state index contributed by atoms with van der Waals surface area (Å²) in [7, 11) is 0. The molecular weight excluding hydrogens is 340 g/mol. The number of carbonyl (C=O) groups is 2. The molecule has 5 nitrogen and oxygen atoms in total. The lowest BCUT2D eigenvalue weighted by Crippen LogP contribution is -2.57. The Hall–Kier alpha value is -2.66. The number of hydrogen-bond acceptors (Lipinski definition) is 4. The van der Waals surface area contributed by atoms with Crippen LogP contribution in [0.25, 0.3) is 0 Å². The summed E-state index contributed by atoms with van der Waals surface area (Å²) in [5.74, 6) is 1.93. The van der Waals surface area contributed by atoms with Crippen molar-refractivity contribution >= 4 is 11.7 Å². The van der Waals surface area contributed by atoms with Crippen molar-refractivity contribution in [3.05, 3.63) is 59.7 Å². The van der Waals surface area contributed by atoms with Crippen LogP contribution in [0.4, 0.5) is 0 Å². The van der Waals surface area contributed by atoms with Crippen molar-refractivity contribution in [3.8, 4) is 11.5 Å². The van der Waals surface area contributed by atoms with E-state index in [1.54, 1.807) is 48.5 Å². The van der Waals surface area contributed by atoms with E-state index in [2.05, 4.69) is 10.2 Å². The van der Waals surface area contributed by atoms with Crippen LogP contribution in [0, 0.1) is 5.92 Å². The minimum Gasteiger partial charge on any atom is -0.457 e. The van der Waals surface area contributed by atoms with Crippen LogP contribution in [-0.2, 0) is 0 Å². The van der Waals surface area contributed by atoms with E-state index in [0.717, 1.165) is 19.6 Å². The van der Waals surface area contributed by atoms with Crippen LogP contribution in [0.5, 0.6) is 11.5 Å². The minimum absolute atomic E-state index is 0.0221. The first-order valence-corrected chi connectivity index (χ1v) is 9.50. The number of nitrogens with zero attached hydrogens (tertiary/aromatic N) is 1. The average molecular weight is 364 g/mol. The number of amides is 1. The van der Waals surface area contributed by atoms with Gasteiger partial charge in [0.2, 0.25) is 0 Å². The number of Topliss-reactive ketones (excluding diaryl/α,β-unsaturated/α-hetero) is 1. The average Bonchev–Trinajstić information content (AvgIpc) is 2.70. The number of fused-ring (bicyclic) bond motifs is 3. The third-order valence-corrected chi connectivity index (χ3v) is 5.59. The van der Waals surface area contributed by atoms with Crippen molar-refractivity contribution in [1.82, 2.24) is 10.2 Å². The van der Waals surface area contributed by atoms with E-state index in [9.17, 15) is 9.59 Å². The second kappa shape index (κ2) is 7.53. The summed E-state index contributed by atoms with van der Waals surface area (Å²) in [6.45, 7) is 4.83. The summed E-state index contributed by atoms with van der Waals surface area (Å²) in [4.78, 5) is 26.3. The third kappa shape index (κ3) is 4.03. The molecule has 2 aromatic rings. The molecule has 0 spiro atoms. The normalized spacial score (nSPS) is 23.7. The molecular formula is C22H24N2O3. The molecule has 2 bridgehead atoms. The van der Waals surface area contributed by atoms with Crippen molar-refractivity contribution in [1.29, 1.82) is 0 Å². The van der Waals surface area contributed by atoms with Gasteiger partial charge in [-0.05, 0) is 87.3 Å². The van der Waals surface area contributed by atoms with Crippen LogP contribution in [0.3, 0.4) is 0 Å². The quantitative estimate of drug-likeness (QED) is 0.825. The number of nitrogens with one attached hydrogen (secondary N) is 1. The molecule has 1 atom stereocenters. The van der Waals surface area contributed by atoms with Gasteiger partial charge in [-0.1, -0.05) is 0 Å². The van der Waals surface area contributed by atoms with Crippen LogP contribution < -0.4 is 10.1 Å². The molecule has 5 rings (SSSR count). The van der Waals surface area contributed by atoms with E-state index < -0.39 is 0 Å². The number of ketones is 1. The van der Waals surface area contributed by atoms with Crippen molar-refractivity contribution < 1.29 is 14.3 Å². The highest BCUT2D eigenvalue weighted by molar-refractivity contribution is 5.94. The zero-order valence-corrected chi connectivity index (χ0v) is 15.5. The zero-order valence-electron chi connectivity index (χ0n) is 15.5. The van der Waals surface area contributed by atoms with Gasteiger partial charge >= 0.3 is 0 Å². The number of hydrogen-bond donors (Lipinski definition) is 1. The molecule has 1 N–H and O–H groups in total. The highest BCUT2D eigenvalue weighted by Crippen LogP contribution is 2.28. The summed E-state index contributed by atoms with van der Waals surface area (Å²) in [5, 5.41) is 3.20. The Morgan fingerprint density at radius 3 is 1.96 bits per heavy atom. The molecule has 27 heavy (non-hydrogen) atoms. The predicted molar refractivity (Wildman–Crippen MR) is 103 cm³/mol. The summed E-state index contributed by atoms with van der Waals surface area (Å²) in [6, 6.07) is 14.5. The molecule has 0 aliphatic carbocycles. The van der Waals surface area contributed by atoms with Crippen molar-refractivity contribution in [2.24, 2.45) is 5.92 Å². The van der Waals surface area contributed by atoms with Crippen LogP contribution >= 0.6 is 0 Å². The van der Waals surface area contributed by atoms with E-state index in [4.69, 9.17) is 4.74 Å². The summed E-state index contributed by atoms with van der Waals surface area (Å²) in [6.07, 6.45) is 2.36. The number of benzene rings is 2. The van der Waals surface area contributed by atoms with Gasteiger partial charge in [-0.2, -0.15) is 0 Å². The maximum atomic E-state index is 12.6. The Labute approximate surface area is 159 Å². The Balaban J connectivity index is 1.36. The lowest BCUT2D eigenvalue weighted by molar-refractivity contribution is 0.0620. The van der Waals surface area contributed by atoms with Crippen molar-refractivity contribution in [2.45, 2.75) is 25.8 Å². The van der Waals surface area contributed by atoms with E-state index >= 15 is 0 Å². The maximum Gasteiger partial charge on any atom is 0.251 e. The third-order valence-electron chi connectivity index (χ3n) is 5.59. The molecule has 3 aliphatic heterocycles. The first-order chi connectivity index (χ1) is 13.1. The van der Waals surface area contributed by atoms with Crippen LogP contribution in [0.2, 0.25) is 0 Å². The van der Waals surface area contributed by atoms with Gasteiger partial charge in [-0.15, -0.1) is 0 Å². The first-order valence-electron chi connectivity index (χ1n) is 9.50. The van der Waals surface area contributed by atoms with E-state index in [-0.39, 0.29) is 17.7 Å². The van der Waals surface area contributed by atoms with Crippen molar-refractivity contribution in [3.63, 3.8) is 0 Å². The molecule has 1 amide bonds. The topological polar surface area (TPSA) is 58.6 Å². The van der Waals surface area contributed by atoms with Gasteiger partial charge in [0.25, 0.3) is 5.91 Å². The van der Waals surface area contributed by atoms with E-state index in [1.165, 1.54) is 19.8 Å². The highest BCUT2D eigenvalue weighted by Gasteiger charge is 2.34. The maximum absolute atomic E-state index is 12.6. The minimum atomic E-state index is -0.0221. The molecule has 3 fully saturated rings. The number of piperidine rings is 3. The van der Waals surface area contributed by atoms with Crippen LogP contribution in [0.1, 0.15) is 40.5 Å². The highest BCUT2D eigenvalue weighted by atomic mass is 16.5. The first kappa shape index (κ1) is 17.7. The van der Waals surface area contributed by atoms with Gasteiger partial charge in [0.15, 0.2) is 5.78 Å².